The maximum atomic E-state index is 9.79. The first-order chi connectivity index (χ1) is 19.7. The Balaban J connectivity index is 1.11. The van der Waals surface area contributed by atoms with Gasteiger partial charge in [-0.15, -0.1) is 0 Å². The predicted octanol–water partition coefficient (Wildman–Crippen LogP) is 5.95. The van der Waals surface area contributed by atoms with Crippen LogP contribution in [0.4, 0.5) is 11.4 Å². The van der Waals surface area contributed by atoms with Crippen LogP contribution in [0.25, 0.3) is 23.1 Å². The Hall–Kier alpha value is -3.96. The van der Waals surface area contributed by atoms with Crippen LogP contribution in [0.5, 0.6) is 0 Å². The summed E-state index contributed by atoms with van der Waals surface area (Å²) in [5.74, 6) is 0. The van der Waals surface area contributed by atoms with Gasteiger partial charge in [0.25, 0.3) is 0 Å². The van der Waals surface area contributed by atoms with Gasteiger partial charge < -0.3 is 15.0 Å². The molecule has 2 fully saturated rings. The Morgan fingerprint density at radius 1 is 1.02 bits per heavy atom. The summed E-state index contributed by atoms with van der Waals surface area (Å²) in [7, 11) is 0. The Labute approximate surface area is 236 Å². The minimum absolute atomic E-state index is 0.517. The first kappa shape index (κ1) is 26.3. The molecule has 0 radical (unpaired) electrons. The van der Waals surface area contributed by atoms with E-state index in [9.17, 15) is 5.26 Å². The van der Waals surface area contributed by atoms with Crippen LogP contribution in [0, 0.1) is 18.3 Å². The van der Waals surface area contributed by atoms with Crippen molar-refractivity contribution in [2.45, 2.75) is 32.4 Å². The molecule has 40 heavy (non-hydrogen) atoms. The number of hydrogen-bond acceptors (Lipinski definition) is 6. The number of rotatable bonds is 7. The third kappa shape index (κ3) is 5.80. The van der Waals surface area contributed by atoms with Gasteiger partial charge in [0.2, 0.25) is 0 Å². The van der Waals surface area contributed by atoms with E-state index in [2.05, 4.69) is 80.6 Å². The number of pyridine rings is 1. The first-order valence-corrected chi connectivity index (χ1v) is 14.2. The second-order valence-electron chi connectivity index (χ2n) is 10.8. The van der Waals surface area contributed by atoms with E-state index >= 15 is 0 Å². The number of nitrogens with zero attached hydrogens (tertiary/aromatic N) is 4. The number of nitrogens with one attached hydrogen (secondary N) is 2. The van der Waals surface area contributed by atoms with E-state index in [1.54, 1.807) is 12.4 Å². The van der Waals surface area contributed by atoms with E-state index in [-0.39, 0.29) is 0 Å². The number of likely N-dealkylation sites (tertiary alicyclic amines) is 1. The van der Waals surface area contributed by atoms with Gasteiger partial charge in [-0.3, -0.25) is 14.8 Å². The monoisotopic (exact) mass is 532 g/mol. The zero-order valence-corrected chi connectivity index (χ0v) is 23.1. The third-order valence-corrected chi connectivity index (χ3v) is 8.32. The molecule has 2 N–H and O–H groups in total. The molecule has 0 bridgehead atoms. The normalized spacial score (nSPS) is 17.4. The Kier molecular flexibility index (Phi) is 7.92. The van der Waals surface area contributed by atoms with Gasteiger partial charge in [0, 0.05) is 66.4 Å². The Morgan fingerprint density at radius 3 is 2.60 bits per heavy atom. The van der Waals surface area contributed by atoms with Crippen LogP contribution < -0.4 is 5.32 Å². The lowest BCUT2D eigenvalue weighted by atomic mass is 10.0. The molecule has 7 heteroatoms. The van der Waals surface area contributed by atoms with Gasteiger partial charge in [0.05, 0.1) is 24.5 Å². The molecule has 2 aliphatic rings. The van der Waals surface area contributed by atoms with Crippen LogP contribution in [0.3, 0.4) is 0 Å². The smallest absolute Gasteiger partial charge is 0.103 e. The van der Waals surface area contributed by atoms with Crippen LogP contribution in [-0.2, 0) is 11.3 Å². The standard InChI is InChI=1S/C33H36N6O/c1-24-30-10-13-36-32(30)9-8-31(24)37-33-27(21-35-22-28(33)20-34)7-6-25-2-4-26(5-3-25)23-38-14-11-29(12-15-38)39-16-18-40-19-17-39/h2-10,13,21-22,29,36H,11-12,14-19,23H2,1H3,(H,35,37). The fraction of sp³-hybridized carbons (Fsp3) is 0.333. The van der Waals surface area contributed by atoms with Gasteiger partial charge >= 0.3 is 0 Å². The van der Waals surface area contributed by atoms with Crippen LogP contribution in [0.2, 0.25) is 0 Å². The quantitative estimate of drug-likeness (QED) is 0.306. The van der Waals surface area contributed by atoms with Crippen LogP contribution in [0.1, 0.15) is 40.7 Å². The number of aromatic nitrogens is 2. The summed E-state index contributed by atoms with van der Waals surface area (Å²) in [5.41, 5.74) is 7.82. The van der Waals surface area contributed by atoms with Gasteiger partial charge in [-0.2, -0.15) is 5.26 Å². The highest BCUT2D eigenvalue weighted by molar-refractivity contribution is 5.90. The number of aromatic amines is 1. The molecule has 6 rings (SSSR count). The summed E-state index contributed by atoms with van der Waals surface area (Å²) in [6.07, 6.45) is 12.0. The lowest BCUT2D eigenvalue weighted by molar-refractivity contribution is 0.000231. The number of morpholine rings is 1. The van der Waals surface area contributed by atoms with Crippen molar-refractivity contribution in [3.05, 3.63) is 88.9 Å². The number of H-pyrrole nitrogens is 1. The van der Waals surface area contributed by atoms with E-state index in [0.29, 0.717) is 11.6 Å². The van der Waals surface area contributed by atoms with Crippen molar-refractivity contribution in [2.24, 2.45) is 0 Å². The molecule has 204 valence electrons. The van der Waals surface area contributed by atoms with Gasteiger partial charge in [0.1, 0.15) is 6.07 Å². The van der Waals surface area contributed by atoms with Gasteiger partial charge in [0.15, 0.2) is 0 Å². The van der Waals surface area contributed by atoms with E-state index in [4.69, 9.17) is 4.74 Å². The molecule has 7 nitrogen and oxygen atoms in total. The lowest BCUT2D eigenvalue weighted by Crippen LogP contribution is -2.48. The molecular weight excluding hydrogens is 496 g/mol. The summed E-state index contributed by atoms with van der Waals surface area (Å²) < 4.78 is 5.52. The SMILES string of the molecule is Cc1c(Nc2c(C#N)cncc2C=Cc2ccc(CN3CCC(N4CCOCC4)CC3)cc2)ccc2[nH]ccc12. The maximum Gasteiger partial charge on any atom is 0.103 e. The topological polar surface area (TPSA) is 80.2 Å². The predicted molar refractivity (Wildman–Crippen MR) is 161 cm³/mol. The largest absolute Gasteiger partial charge is 0.379 e. The highest BCUT2D eigenvalue weighted by atomic mass is 16.5. The van der Waals surface area contributed by atoms with Crippen molar-refractivity contribution < 1.29 is 4.74 Å². The summed E-state index contributed by atoms with van der Waals surface area (Å²) in [6.45, 7) is 9.30. The highest BCUT2D eigenvalue weighted by Crippen LogP contribution is 2.31. The average molecular weight is 533 g/mol. The van der Waals surface area contributed by atoms with E-state index in [1.807, 2.05) is 18.3 Å². The summed E-state index contributed by atoms with van der Waals surface area (Å²) in [6, 6.07) is 18.0. The highest BCUT2D eigenvalue weighted by Gasteiger charge is 2.25. The van der Waals surface area contributed by atoms with Crippen LogP contribution >= 0.6 is 0 Å². The molecular formula is C33H36N6O. The number of ether oxygens (including phenoxy) is 1. The van der Waals surface area contributed by atoms with Crippen molar-refractivity contribution >= 4 is 34.4 Å². The molecule has 0 aliphatic carbocycles. The number of piperidine rings is 1. The molecule has 2 saturated heterocycles. The minimum Gasteiger partial charge on any atom is -0.379 e. The molecule has 2 aromatic carbocycles. The molecule has 0 amide bonds. The summed E-state index contributed by atoms with van der Waals surface area (Å²) in [4.78, 5) is 12.8. The van der Waals surface area contributed by atoms with Crippen molar-refractivity contribution in [3.63, 3.8) is 0 Å². The number of aryl methyl sites for hydroxylation is 1. The zero-order chi connectivity index (χ0) is 27.3. The molecule has 4 aromatic rings. The van der Waals surface area contributed by atoms with Gasteiger partial charge in [-0.25, -0.2) is 0 Å². The van der Waals surface area contributed by atoms with Crippen molar-refractivity contribution in [1.29, 1.82) is 5.26 Å². The molecule has 2 aromatic heterocycles. The maximum absolute atomic E-state index is 9.79. The molecule has 2 aliphatic heterocycles. The van der Waals surface area contributed by atoms with E-state index < -0.39 is 0 Å². The fourth-order valence-electron chi connectivity index (χ4n) is 5.94. The number of hydrogen-bond donors (Lipinski definition) is 2. The van der Waals surface area contributed by atoms with Crippen LogP contribution in [-0.4, -0.2) is 65.2 Å². The zero-order valence-electron chi connectivity index (χ0n) is 23.1. The minimum atomic E-state index is 0.517. The number of anilines is 2. The van der Waals surface area contributed by atoms with E-state index in [0.717, 1.165) is 84.9 Å². The summed E-state index contributed by atoms with van der Waals surface area (Å²) in [5, 5.41) is 14.5. The molecule has 0 unspecified atom stereocenters. The fourth-order valence-corrected chi connectivity index (χ4v) is 5.94. The Morgan fingerprint density at radius 2 is 1.82 bits per heavy atom. The second-order valence-corrected chi connectivity index (χ2v) is 10.8. The van der Waals surface area contributed by atoms with Crippen molar-refractivity contribution in [1.82, 2.24) is 19.8 Å². The van der Waals surface area contributed by atoms with Gasteiger partial charge in [-0.05, 0) is 67.7 Å². The molecule has 0 atom stereocenters. The molecule has 0 spiro atoms. The molecule has 4 heterocycles. The Bertz CT molecular complexity index is 1520. The first-order valence-electron chi connectivity index (χ1n) is 14.2. The van der Waals surface area contributed by atoms with Crippen molar-refractivity contribution in [2.75, 3.05) is 44.7 Å². The van der Waals surface area contributed by atoms with Gasteiger partial charge in [-0.1, -0.05) is 36.4 Å². The lowest BCUT2D eigenvalue weighted by Gasteiger charge is -2.40. The second kappa shape index (κ2) is 12.1. The summed E-state index contributed by atoms with van der Waals surface area (Å²) >= 11 is 0. The average Bonchev–Trinajstić information content (AvgIpc) is 3.49. The van der Waals surface area contributed by atoms with Crippen LogP contribution in [0.15, 0.2) is 61.1 Å². The number of fused-ring (bicyclic) bond motifs is 1. The number of benzene rings is 2. The van der Waals surface area contributed by atoms with Crippen molar-refractivity contribution in [3.8, 4) is 6.07 Å². The number of nitriles is 1. The van der Waals surface area contributed by atoms with E-state index in [1.165, 1.54) is 18.4 Å². The molecule has 0 saturated carbocycles. The third-order valence-electron chi connectivity index (χ3n) is 8.32.